The maximum Gasteiger partial charge on any atom is 0.159 e. The molecule has 1 aromatic rings. The van der Waals surface area contributed by atoms with Crippen molar-refractivity contribution < 1.29 is 8.78 Å². The van der Waals surface area contributed by atoms with Gasteiger partial charge in [-0.15, -0.1) is 0 Å². The van der Waals surface area contributed by atoms with E-state index in [0.29, 0.717) is 11.8 Å². The summed E-state index contributed by atoms with van der Waals surface area (Å²) < 4.78 is 27.8. The van der Waals surface area contributed by atoms with Gasteiger partial charge in [0.15, 0.2) is 11.6 Å². The van der Waals surface area contributed by atoms with Crippen molar-refractivity contribution >= 4 is 0 Å². The summed E-state index contributed by atoms with van der Waals surface area (Å²) in [5, 5.41) is 0. The van der Waals surface area contributed by atoms with E-state index in [1.165, 1.54) is 83.1 Å². The lowest BCUT2D eigenvalue weighted by Gasteiger charge is -2.50. The van der Waals surface area contributed by atoms with Crippen LogP contribution in [0.5, 0.6) is 0 Å². The lowest BCUT2D eigenvalue weighted by atomic mass is 9.54. The number of unbranched alkanes of at least 4 members (excludes halogenated alkanes) is 1. The van der Waals surface area contributed by atoms with Gasteiger partial charge in [0.2, 0.25) is 0 Å². The molecule has 0 saturated heterocycles. The maximum atomic E-state index is 14.2. The van der Waals surface area contributed by atoms with E-state index in [-0.39, 0.29) is 5.41 Å². The van der Waals surface area contributed by atoms with E-state index in [4.69, 9.17) is 0 Å². The van der Waals surface area contributed by atoms with Crippen molar-refractivity contribution in [3.63, 3.8) is 0 Å². The molecule has 0 N–H and O–H groups in total. The zero-order chi connectivity index (χ0) is 17.7. The molecule has 0 atom stereocenters. The summed E-state index contributed by atoms with van der Waals surface area (Å²) >= 11 is 0. The Hall–Kier alpha value is -0.920. The third-order valence-electron chi connectivity index (χ3n) is 7.07. The molecule has 2 aliphatic rings. The fourth-order valence-corrected chi connectivity index (χ4v) is 5.85. The van der Waals surface area contributed by atoms with Gasteiger partial charge in [-0.3, -0.25) is 0 Å². The van der Waals surface area contributed by atoms with Crippen LogP contribution in [0.25, 0.3) is 0 Å². The maximum absolute atomic E-state index is 14.2. The van der Waals surface area contributed by atoms with Gasteiger partial charge in [-0.25, -0.2) is 8.78 Å². The molecule has 3 rings (SSSR count). The van der Waals surface area contributed by atoms with Crippen molar-refractivity contribution in [2.45, 2.75) is 95.8 Å². The Kier molecular flexibility index (Phi) is 6.52. The van der Waals surface area contributed by atoms with E-state index in [2.05, 4.69) is 6.92 Å². The topological polar surface area (TPSA) is 0 Å². The first-order valence-electron chi connectivity index (χ1n) is 10.6. The second kappa shape index (κ2) is 8.64. The molecule has 0 spiro atoms. The van der Waals surface area contributed by atoms with Crippen molar-refractivity contribution in [1.29, 1.82) is 0 Å². The van der Waals surface area contributed by atoms with E-state index in [0.717, 1.165) is 12.0 Å². The van der Waals surface area contributed by atoms with Crippen LogP contribution in [0.15, 0.2) is 18.2 Å². The Morgan fingerprint density at radius 2 is 1.40 bits per heavy atom. The molecule has 25 heavy (non-hydrogen) atoms. The van der Waals surface area contributed by atoms with Crippen LogP contribution < -0.4 is 0 Å². The van der Waals surface area contributed by atoms with Gasteiger partial charge in [-0.05, 0) is 61.6 Å². The number of halogens is 2. The van der Waals surface area contributed by atoms with Crippen molar-refractivity contribution in [3.8, 4) is 0 Å². The lowest BCUT2D eigenvalue weighted by molar-refractivity contribution is 0.0868. The van der Waals surface area contributed by atoms with Crippen LogP contribution in [-0.4, -0.2) is 0 Å². The van der Waals surface area contributed by atoms with E-state index in [1.807, 2.05) is 6.07 Å². The molecular formula is C23H34F2. The first-order chi connectivity index (χ1) is 12.2. The summed E-state index contributed by atoms with van der Waals surface area (Å²) in [5.41, 5.74) is 1.16. The Balaban J connectivity index is 2.05. The highest BCUT2D eigenvalue weighted by Crippen LogP contribution is 2.53. The third-order valence-corrected chi connectivity index (χ3v) is 7.07. The van der Waals surface area contributed by atoms with Crippen molar-refractivity contribution in [1.82, 2.24) is 0 Å². The summed E-state index contributed by atoms with van der Waals surface area (Å²) in [7, 11) is 0. The largest absolute Gasteiger partial charge is 0.204 e. The smallest absolute Gasteiger partial charge is 0.159 e. The molecule has 0 nitrogen and oxygen atoms in total. The molecule has 0 aromatic heterocycles. The molecule has 0 aliphatic heterocycles. The Morgan fingerprint density at radius 3 is 1.88 bits per heavy atom. The first-order valence-corrected chi connectivity index (χ1v) is 10.6. The summed E-state index contributed by atoms with van der Waals surface area (Å²) in [6.07, 6.45) is 16.4. The van der Waals surface area contributed by atoms with Crippen LogP contribution in [0, 0.1) is 23.5 Å². The second-order valence-electron chi connectivity index (χ2n) is 8.44. The highest BCUT2D eigenvalue weighted by molar-refractivity contribution is 5.30. The van der Waals surface area contributed by atoms with Crippen LogP contribution in [0.4, 0.5) is 8.78 Å². The predicted octanol–water partition coefficient (Wildman–Crippen LogP) is 7.55. The molecule has 2 aliphatic carbocycles. The van der Waals surface area contributed by atoms with Gasteiger partial charge in [-0.1, -0.05) is 64.4 Å². The lowest BCUT2D eigenvalue weighted by Crippen LogP contribution is -2.44. The van der Waals surface area contributed by atoms with Crippen LogP contribution in [0.1, 0.15) is 96.0 Å². The van der Waals surface area contributed by atoms with Gasteiger partial charge in [0.1, 0.15) is 0 Å². The SMILES string of the molecule is CCCCC(c1ccc(F)c(F)c1)(C1CCCCC1)C1CCCCC1. The van der Waals surface area contributed by atoms with Crippen LogP contribution in [0.3, 0.4) is 0 Å². The Bertz CT molecular complexity index is 521. The minimum atomic E-state index is -0.708. The normalized spacial score (nSPS) is 20.8. The van der Waals surface area contributed by atoms with Crippen LogP contribution in [-0.2, 0) is 5.41 Å². The number of hydrogen-bond acceptors (Lipinski definition) is 0. The molecule has 0 amide bonds. The zero-order valence-electron chi connectivity index (χ0n) is 15.8. The molecule has 1 aromatic carbocycles. The summed E-state index contributed by atoms with van der Waals surface area (Å²) in [6.45, 7) is 2.25. The van der Waals surface area contributed by atoms with Crippen LogP contribution in [0.2, 0.25) is 0 Å². The molecule has 2 heteroatoms. The van der Waals surface area contributed by atoms with Gasteiger partial charge in [-0.2, -0.15) is 0 Å². The van der Waals surface area contributed by atoms with E-state index in [9.17, 15) is 8.78 Å². The minimum absolute atomic E-state index is 0.0609. The third kappa shape index (κ3) is 3.93. The minimum Gasteiger partial charge on any atom is -0.204 e. The average molecular weight is 349 g/mol. The Morgan fingerprint density at radius 1 is 0.840 bits per heavy atom. The predicted molar refractivity (Wildman–Crippen MR) is 101 cm³/mol. The monoisotopic (exact) mass is 348 g/mol. The molecular weight excluding hydrogens is 314 g/mol. The van der Waals surface area contributed by atoms with Gasteiger partial charge < -0.3 is 0 Å². The molecule has 140 valence electrons. The molecule has 2 saturated carbocycles. The molecule has 0 radical (unpaired) electrons. The second-order valence-corrected chi connectivity index (χ2v) is 8.44. The molecule has 0 unspecified atom stereocenters. The number of rotatable bonds is 6. The fourth-order valence-electron chi connectivity index (χ4n) is 5.85. The van der Waals surface area contributed by atoms with Crippen molar-refractivity contribution in [2.24, 2.45) is 11.8 Å². The standard InChI is InChI=1S/C23H34F2/c1-2-3-16-23(18-10-6-4-7-11-18,19-12-8-5-9-13-19)20-14-15-21(24)22(25)17-20/h14-15,17-19H,2-13,16H2,1H3. The van der Waals surface area contributed by atoms with Gasteiger partial charge in [0.05, 0.1) is 0 Å². The van der Waals surface area contributed by atoms with Gasteiger partial charge in [0, 0.05) is 5.41 Å². The van der Waals surface area contributed by atoms with E-state index in [1.54, 1.807) is 6.07 Å². The van der Waals surface area contributed by atoms with Gasteiger partial charge >= 0.3 is 0 Å². The van der Waals surface area contributed by atoms with E-state index < -0.39 is 11.6 Å². The number of benzene rings is 1. The average Bonchev–Trinajstić information content (AvgIpc) is 2.67. The summed E-state index contributed by atoms with van der Waals surface area (Å²) in [5.74, 6) is -0.0908. The Labute approximate surface area is 152 Å². The highest BCUT2D eigenvalue weighted by atomic mass is 19.2. The quantitative estimate of drug-likeness (QED) is 0.498. The molecule has 2 fully saturated rings. The zero-order valence-corrected chi connectivity index (χ0v) is 15.8. The van der Waals surface area contributed by atoms with Gasteiger partial charge in [0.25, 0.3) is 0 Å². The fraction of sp³-hybridized carbons (Fsp3) is 0.739. The molecule has 0 bridgehead atoms. The molecule has 0 heterocycles. The first kappa shape index (κ1) is 18.9. The van der Waals surface area contributed by atoms with Crippen molar-refractivity contribution in [3.05, 3.63) is 35.4 Å². The highest BCUT2D eigenvalue weighted by Gasteiger charge is 2.46. The summed E-state index contributed by atoms with van der Waals surface area (Å²) in [4.78, 5) is 0. The van der Waals surface area contributed by atoms with Crippen molar-refractivity contribution in [2.75, 3.05) is 0 Å². The number of hydrogen-bond donors (Lipinski definition) is 0. The van der Waals surface area contributed by atoms with Crippen LogP contribution >= 0.6 is 0 Å². The van der Waals surface area contributed by atoms with E-state index >= 15 is 0 Å². The summed E-state index contributed by atoms with van der Waals surface area (Å²) in [6, 6.07) is 4.84.